The average Bonchev–Trinajstić information content (AvgIpc) is 2.37. The number of anilines is 1. The number of hydrogen-bond acceptors (Lipinski definition) is 3. The number of halogens is 3. The van der Waals surface area contributed by atoms with Crippen molar-refractivity contribution in [2.45, 2.75) is 13.3 Å². The fourth-order valence-corrected chi connectivity index (χ4v) is 2.07. The largest absolute Gasteiger partial charge is 0.372 e. The number of aromatic nitrogens is 2. The molecule has 0 aliphatic rings. The lowest BCUT2D eigenvalue weighted by Gasteiger charge is -2.09. The molecule has 0 amide bonds. The van der Waals surface area contributed by atoms with Gasteiger partial charge in [-0.05, 0) is 34.5 Å². The second kappa shape index (κ2) is 5.61. The Labute approximate surface area is 118 Å². The zero-order valence-corrected chi connectivity index (χ0v) is 12.1. The van der Waals surface area contributed by atoms with Crippen molar-refractivity contribution in [1.29, 1.82) is 0 Å². The summed E-state index contributed by atoms with van der Waals surface area (Å²) in [6.45, 7) is 1.83. The maximum atomic E-state index is 13.6. The highest BCUT2D eigenvalue weighted by molar-refractivity contribution is 9.10. The van der Waals surface area contributed by atoms with Crippen LogP contribution in [0.3, 0.4) is 0 Å². The Kier molecular flexibility index (Phi) is 4.09. The van der Waals surface area contributed by atoms with Gasteiger partial charge in [-0.15, -0.1) is 0 Å². The molecule has 0 aliphatic heterocycles. The van der Waals surface area contributed by atoms with Crippen LogP contribution in [0, 0.1) is 18.6 Å². The molecule has 0 fully saturated rings. The summed E-state index contributed by atoms with van der Waals surface area (Å²) in [7, 11) is 1.74. The van der Waals surface area contributed by atoms with Crippen molar-refractivity contribution in [1.82, 2.24) is 9.97 Å². The molecule has 1 N–H and O–H groups in total. The van der Waals surface area contributed by atoms with E-state index in [1.165, 1.54) is 12.1 Å². The normalized spacial score (nSPS) is 10.6. The van der Waals surface area contributed by atoms with Gasteiger partial charge in [-0.3, -0.25) is 0 Å². The summed E-state index contributed by atoms with van der Waals surface area (Å²) in [5, 5.41) is 2.93. The van der Waals surface area contributed by atoms with E-state index in [1.807, 2.05) is 6.92 Å². The van der Waals surface area contributed by atoms with E-state index in [0.717, 1.165) is 16.2 Å². The number of hydrogen-bond donors (Lipinski definition) is 1. The van der Waals surface area contributed by atoms with E-state index >= 15 is 0 Å². The molecule has 100 valence electrons. The molecule has 19 heavy (non-hydrogen) atoms. The van der Waals surface area contributed by atoms with Crippen LogP contribution in [0.4, 0.5) is 14.6 Å². The topological polar surface area (TPSA) is 37.8 Å². The first-order chi connectivity index (χ1) is 9.01. The molecule has 0 atom stereocenters. The van der Waals surface area contributed by atoms with E-state index in [-0.39, 0.29) is 6.42 Å². The van der Waals surface area contributed by atoms with Gasteiger partial charge < -0.3 is 5.32 Å². The summed E-state index contributed by atoms with van der Waals surface area (Å²) in [5.41, 5.74) is 1.13. The van der Waals surface area contributed by atoms with Gasteiger partial charge in [0.05, 0.1) is 10.2 Å². The molecule has 2 rings (SSSR count). The third-order valence-corrected chi connectivity index (χ3v) is 3.61. The van der Waals surface area contributed by atoms with Gasteiger partial charge >= 0.3 is 0 Å². The molecule has 1 aromatic heterocycles. The first-order valence-electron chi connectivity index (χ1n) is 5.66. The summed E-state index contributed by atoms with van der Waals surface area (Å²) in [6.07, 6.45) is 0.217. The van der Waals surface area contributed by atoms with E-state index in [0.29, 0.717) is 17.2 Å². The second-order valence-electron chi connectivity index (χ2n) is 4.05. The molecule has 6 heteroatoms. The molecular formula is C13H12BrF2N3. The predicted molar refractivity (Wildman–Crippen MR) is 73.2 cm³/mol. The molecule has 0 bridgehead atoms. The SMILES string of the molecule is CNc1nc(Cc2ccc(F)cc2F)nc(C)c1Br. The quantitative estimate of drug-likeness (QED) is 0.938. The van der Waals surface area contributed by atoms with Gasteiger partial charge in [-0.2, -0.15) is 0 Å². The second-order valence-corrected chi connectivity index (χ2v) is 4.84. The summed E-state index contributed by atoms with van der Waals surface area (Å²) in [4.78, 5) is 8.56. The Morgan fingerprint density at radius 1 is 1.26 bits per heavy atom. The smallest absolute Gasteiger partial charge is 0.144 e. The van der Waals surface area contributed by atoms with Crippen molar-refractivity contribution in [3.8, 4) is 0 Å². The fraction of sp³-hybridized carbons (Fsp3) is 0.231. The minimum atomic E-state index is -0.593. The molecule has 0 spiro atoms. The Balaban J connectivity index is 2.35. The number of aryl methyl sites for hydroxylation is 1. The molecule has 0 aliphatic carbocycles. The van der Waals surface area contributed by atoms with E-state index in [2.05, 4.69) is 31.2 Å². The van der Waals surface area contributed by atoms with E-state index < -0.39 is 11.6 Å². The highest BCUT2D eigenvalue weighted by Crippen LogP contribution is 2.23. The van der Waals surface area contributed by atoms with Crippen molar-refractivity contribution >= 4 is 21.7 Å². The standard InChI is InChI=1S/C13H12BrF2N3/c1-7-12(14)13(17-2)19-11(18-7)5-8-3-4-9(15)6-10(8)16/h3-4,6H,5H2,1-2H3,(H,17,18,19). The Morgan fingerprint density at radius 3 is 2.63 bits per heavy atom. The number of rotatable bonds is 3. The molecule has 0 saturated heterocycles. The number of nitrogens with one attached hydrogen (secondary N) is 1. The predicted octanol–water partition coefficient (Wildman–Crippen LogP) is 3.46. The summed E-state index contributed by atoms with van der Waals surface area (Å²) in [5.74, 6) is -0.0548. The lowest BCUT2D eigenvalue weighted by molar-refractivity contribution is 0.573. The molecule has 3 nitrogen and oxygen atoms in total. The van der Waals surface area contributed by atoms with Crippen molar-refractivity contribution in [3.05, 3.63) is 51.4 Å². The zero-order chi connectivity index (χ0) is 14.0. The van der Waals surface area contributed by atoms with E-state index in [9.17, 15) is 8.78 Å². The zero-order valence-electron chi connectivity index (χ0n) is 10.5. The summed E-state index contributed by atoms with van der Waals surface area (Å²) >= 11 is 3.37. The third kappa shape index (κ3) is 3.07. The van der Waals surface area contributed by atoms with E-state index in [4.69, 9.17) is 0 Å². The van der Waals surface area contributed by atoms with Crippen molar-refractivity contribution in [3.63, 3.8) is 0 Å². The number of benzene rings is 1. The monoisotopic (exact) mass is 327 g/mol. The molecule has 1 heterocycles. The van der Waals surface area contributed by atoms with Gasteiger partial charge in [-0.1, -0.05) is 6.07 Å². The van der Waals surface area contributed by atoms with Gasteiger partial charge in [0.2, 0.25) is 0 Å². The lowest BCUT2D eigenvalue weighted by atomic mass is 10.1. The fourth-order valence-electron chi connectivity index (χ4n) is 1.70. The molecular weight excluding hydrogens is 316 g/mol. The van der Waals surface area contributed by atoms with Gasteiger partial charge in [0.1, 0.15) is 23.3 Å². The number of nitrogens with zero attached hydrogens (tertiary/aromatic N) is 2. The molecule has 0 unspecified atom stereocenters. The van der Waals surface area contributed by atoms with Crippen LogP contribution in [-0.4, -0.2) is 17.0 Å². The van der Waals surface area contributed by atoms with Crippen LogP contribution in [0.15, 0.2) is 22.7 Å². The van der Waals surface area contributed by atoms with Crippen LogP contribution in [0.5, 0.6) is 0 Å². The summed E-state index contributed by atoms with van der Waals surface area (Å²) in [6, 6.07) is 3.49. The van der Waals surface area contributed by atoms with Gasteiger partial charge in [0, 0.05) is 19.5 Å². The third-order valence-electron chi connectivity index (χ3n) is 2.66. The molecule has 0 saturated carbocycles. The van der Waals surface area contributed by atoms with Crippen LogP contribution in [-0.2, 0) is 6.42 Å². The Morgan fingerprint density at radius 2 is 2.00 bits per heavy atom. The van der Waals surface area contributed by atoms with Gasteiger partial charge in [0.25, 0.3) is 0 Å². The van der Waals surface area contributed by atoms with Gasteiger partial charge in [0.15, 0.2) is 0 Å². The minimum absolute atomic E-state index is 0.217. The lowest BCUT2D eigenvalue weighted by Crippen LogP contribution is -2.05. The van der Waals surface area contributed by atoms with E-state index in [1.54, 1.807) is 7.05 Å². The van der Waals surface area contributed by atoms with Crippen molar-refractivity contribution in [2.24, 2.45) is 0 Å². The van der Waals surface area contributed by atoms with Crippen molar-refractivity contribution in [2.75, 3.05) is 12.4 Å². The van der Waals surface area contributed by atoms with Crippen molar-refractivity contribution < 1.29 is 8.78 Å². The van der Waals surface area contributed by atoms with Crippen LogP contribution in [0.1, 0.15) is 17.1 Å². The van der Waals surface area contributed by atoms with Crippen LogP contribution >= 0.6 is 15.9 Å². The molecule has 0 radical (unpaired) electrons. The summed E-state index contributed by atoms with van der Waals surface area (Å²) < 4.78 is 27.2. The van der Waals surface area contributed by atoms with Crippen LogP contribution in [0.25, 0.3) is 0 Å². The minimum Gasteiger partial charge on any atom is -0.372 e. The first kappa shape index (κ1) is 13.9. The highest BCUT2D eigenvalue weighted by Gasteiger charge is 2.11. The first-order valence-corrected chi connectivity index (χ1v) is 6.45. The average molecular weight is 328 g/mol. The Hall–Kier alpha value is -1.56. The van der Waals surface area contributed by atoms with Gasteiger partial charge in [-0.25, -0.2) is 18.7 Å². The highest BCUT2D eigenvalue weighted by atomic mass is 79.9. The van der Waals surface area contributed by atoms with Crippen LogP contribution in [0.2, 0.25) is 0 Å². The molecule has 2 aromatic rings. The Bertz CT molecular complexity index is 617. The molecule has 1 aromatic carbocycles. The maximum Gasteiger partial charge on any atom is 0.144 e. The van der Waals surface area contributed by atoms with Crippen LogP contribution < -0.4 is 5.32 Å². The maximum absolute atomic E-state index is 13.6.